The van der Waals surface area contributed by atoms with Gasteiger partial charge in [-0.3, -0.25) is 4.89 Å². The molecule has 3 nitrogen and oxygen atoms in total. The average Bonchev–Trinajstić information content (AvgIpc) is 2.55. The molecule has 0 spiro atoms. The van der Waals surface area contributed by atoms with Crippen LogP contribution in [0.3, 0.4) is 0 Å². The van der Waals surface area contributed by atoms with Gasteiger partial charge in [-0.25, -0.2) is 4.79 Å². The van der Waals surface area contributed by atoms with Crippen LogP contribution in [-0.4, -0.2) is 14.0 Å². The molecule has 1 radical (unpaired) electrons. The lowest BCUT2D eigenvalue weighted by atomic mass is 9.80. The molecule has 4 heteroatoms. The number of hydrogen-bond donors (Lipinski definition) is 0. The summed E-state index contributed by atoms with van der Waals surface area (Å²) in [7, 11) is -1.59. The number of hydrogen-bond acceptors (Lipinski definition) is 3. The molecule has 1 fully saturated rings. The summed E-state index contributed by atoms with van der Waals surface area (Å²) in [5, 5.41) is 1.24. The van der Waals surface area contributed by atoms with Gasteiger partial charge in [-0.05, 0) is 43.2 Å². The standard InChI is InChI=1S/C19H27O3Si/c1-6-23(4,5)18-11-8-16(9-12-18)19(20)22-21-17-10-7-14(2)15(3)13-17/h6,8-9,11-12,14-15H,1,7,10,13H2,2-5H3. The third-order valence-electron chi connectivity index (χ3n) is 5.01. The quantitative estimate of drug-likeness (QED) is 0.456. The van der Waals surface area contributed by atoms with Gasteiger partial charge in [-0.2, -0.15) is 4.89 Å². The van der Waals surface area contributed by atoms with Crippen molar-refractivity contribution >= 4 is 19.2 Å². The molecule has 2 unspecified atom stereocenters. The van der Waals surface area contributed by atoms with Crippen LogP contribution in [0.5, 0.6) is 0 Å². The largest absolute Gasteiger partial charge is 0.373 e. The maximum Gasteiger partial charge on any atom is 0.373 e. The Labute approximate surface area is 140 Å². The Hall–Kier alpha value is -1.39. The van der Waals surface area contributed by atoms with Crippen molar-refractivity contribution in [2.45, 2.75) is 46.2 Å². The number of benzene rings is 1. The first kappa shape index (κ1) is 18.0. The van der Waals surface area contributed by atoms with Crippen molar-refractivity contribution in [3.05, 3.63) is 48.2 Å². The van der Waals surface area contributed by atoms with Crippen molar-refractivity contribution in [1.82, 2.24) is 0 Å². The van der Waals surface area contributed by atoms with Gasteiger partial charge in [0.05, 0.1) is 5.56 Å². The molecule has 125 valence electrons. The average molecular weight is 332 g/mol. The van der Waals surface area contributed by atoms with E-state index in [0.29, 0.717) is 17.4 Å². The van der Waals surface area contributed by atoms with Crippen LogP contribution >= 0.6 is 0 Å². The maximum atomic E-state index is 12.1. The van der Waals surface area contributed by atoms with E-state index in [1.807, 2.05) is 17.8 Å². The van der Waals surface area contributed by atoms with Crippen LogP contribution in [0.15, 0.2) is 36.5 Å². The zero-order valence-electron chi connectivity index (χ0n) is 14.6. The summed E-state index contributed by atoms with van der Waals surface area (Å²) in [6, 6.07) is 7.58. The maximum absolute atomic E-state index is 12.1. The van der Waals surface area contributed by atoms with Crippen LogP contribution in [0.1, 0.15) is 43.5 Å². The van der Waals surface area contributed by atoms with Crippen molar-refractivity contribution < 1.29 is 14.6 Å². The van der Waals surface area contributed by atoms with E-state index in [1.165, 1.54) is 5.19 Å². The number of carbonyl (C=O) groups excluding carboxylic acids is 1. The lowest BCUT2D eigenvalue weighted by Crippen LogP contribution is -2.39. The molecular formula is C19H27O3Si. The van der Waals surface area contributed by atoms with Gasteiger partial charge in [0.15, 0.2) is 0 Å². The summed E-state index contributed by atoms with van der Waals surface area (Å²) in [5.74, 6) is 0.833. The molecule has 2 rings (SSSR count). The number of carbonyl (C=O) groups is 1. The molecule has 0 saturated heterocycles. The van der Waals surface area contributed by atoms with Crippen LogP contribution in [0.4, 0.5) is 0 Å². The minimum atomic E-state index is -1.59. The van der Waals surface area contributed by atoms with Crippen LogP contribution < -0.4 is 5.19 Å². The third-order valence-corrected chi connectivity index (χ3v) is 7.85. The van der Waals surface area contributed by atoms with Crippen LogP contribution in [0.2, 0.25) is 13.1 Å². The summed E-state index contributed by atoms with van der Waals surface area (Å²) in [4.78, 5) is 22.4. The van der Waals surface area contributed by atoms with Gasteiger partial charge < -0.3 is 0 Å². The van der Waals surface area contributed by atoms with Crippen molar-refractivity contribution in [2.75, 3.05) is 0 Å². The lowest BCUT2D eigenvalue weighted by molar-refractivity contribution is -0.242. The second kappa shape index (κ2) is 7.45. The van der Waals surface area contributed by atoms with Crippen molar-refractivity contribution in [3.63, 3.8) is 0 Å². The Balaban J connectivity index is 1.90. The smallest absolute Gasteiger partial charge is 0.292 e. The van der Waals surface area contributed by atoms with E-state index in [4.69, 9.17) is 9.78 Å². The van der Waals surface area contributed by atoms with Gasteiger partial charge in [0.25, 0.3) is 0 Å². The predicted molar refractivity (Wildman–Crippen MR) is 95.7 cm³/mol. The van der Waals surface area contributed by atoms with Crippen LogP contribution in [-0.2, 0) is 9.78 Å². The van der Waals surface area contributed by atoms with Crippen molar-refractivity contribution in [3.8, 4) is 0 Å². The predicted octanol–water partition coefficient (Wildman–Crippen LogP) is 4.40. The van der Waals surface area contributed by atoms with Gasteiger partial charge in [0.1, 0.15) is 14.2 Å². The zero-order valence-corrected chi connectivity index (χ0v) is 15.6. The number of rotatable bonds is 5. The van der Waals surface area contributed by atoms with E-state index >= 15 is 0 Å². The monoisotopic (exact) mass is 331 g/mol. The summed E-state index contributed by atoms with van der Waals surface area (Å²) in [5.41, 5.74) is 2.55. The molecule has 0 bridgehead atoms. The molecule has 1 aliphatic carbocycles. The second-order valence-electron chi connectivity index (χ2n) is 7.19. The topological polar surface area (TPSA) is 35.5 Å². The Bertz CT molecular complexity index is 550. The molecule has 0 aromatic heterocycles. The minimum absolute atomic E-state index is 0.437. The van der Waals surface area contributed by atoms with E-state index in [1.54, 1.807) is 12.1 Å². The first-order chi connectivity index (χ1) is 10.8. The first-order valence-electron chi connectivity index (χ1n) is 8.31. The first-order valence-corrected chi connectivity index (χ1v) is 11.4. The van der Waals surface area contributed by atoms with Gasteiger partial charge in [0.2, 0.25) is 0 Å². The summed E-state index contributed by atoms with van der Waals surface area (Å²) in [6.07, 6.45) is 3.70. The van der Waals surface area contributed by atoms with Gasteiger partial charge in [-0.15, -0.1) is 6.58 Å². The SMILES string of the molecule is C=C[Si](C)(C)c1ccc(C(=O)OO[C]2CCC(C)C(C)C2)cc1. The highest BCUT2D eigenvalue weighted by molar-refractivity contribution is 6.93. The minimum Gasteiger partial charge on any atom is -0.292 e. The van der Waals surface area contributed by atoms with E-state index in [0.717, 1.165) is 25.4 Å². The molecule has 23 heavy (non-hydrogen) atoms. The highest BCUT2D eigenvalue weighted by atomic mass is 28.3. The fourth-order valence-corrected chi connectivity index (χ4v) is 3.97. The Morgan fingerprint density at radius 1 is 1.22 bits per heavy atom. The van der Waals surface area contributed by atoms with E-state index < -0.39 is 14.0 Å². The van der Waals surface area contributed by atoms with Crippen molar-refractivity contribution in [2.24, 2.45) is 11.8 Å². The van der Waals surface area contributed by atoms with E-state index in [9.17, 15) is 4.79 Å². The molecule has 0 N–H and O–H groups in total. The summed E-state index contributed by atoms with van der Waals surface area (Å²) < 4.78 is 0. The molecule has 1 saturated carbocycles. The Morgan fingerprint density at radius 3 is 2.43 bits per heavy atom. The van der Waals surface area contributed by atoms with Crippen LogP contribution in [0, 0.1) is 17.9 Å². The highest BCUT2D eigenvalue weighted by Crippen LogP contribution is 2.35. The second-order valence-corrected chi connectivity index (χ2v) is 11.6. The molecule has 0 aliphatic heterocycles. The summed E-state index contributed by atoms with van der Waals surface area (Å²) >= 11 is 0. The molecule has 0 amide bonds. The Kier molecular flexibility index (Phi) is 5.82. The Morgan fingerprint density at radius 2 is 1.87 bits per heavy atom. The molecular weight excluding hydrogens is 304 g/mol. The normalized spacial score (nSPS) is 22.6. The fourth-order valence-electron chi connectivity index (χ4n) is 2.71. The summed E-state index contributed by atoms with van der Waals surface area (Å²) in [6.45, 7) is 12.8. The van der Waals surface area contributed by atoms with E-state index in [-0.39, 0.29) is 0 Å². The van der Waals surface area contributed by atoms with Crippen LogP contribution in [0.25, 0.3) is 0 Å². The molecule has 0 heterocycles. The lowest BCUT2D eigenvalue weighted by Gasteiger charge is -2.29. The van der Waals surface area contributed by atoms with Gasteiger partial charge >= 0.3 is 5.97 Å². The molecule has 1 aliphatic rings. The fraction of sp³-hybridized carbons (Fsp3) is 0.474. The molecule has 1 aromatic carbocycles. The molecule has 2 atom stereocenters. The van der Waals surface area contributed by atoms with E-state index in [2.05, 4.69) is 33.5 Å². The van der Waals surface area contributed by atoms with Crippen molar-refractivity contribution in [1.29, 1.82) is 0 Å². The van der Waals surface area contributed by atoms with Gasteiger partial charge in [-0.1, -0.05) is 50.0 Å². The highest BCUT2D eigenvalue weighted by Gasteiger charge is 2.28. The van der Waals surface area contributed by atoms with Gasteiger partial charge in [0, 0.05) is 0 Å². The third kappa shape index (κ3) is 4.55. The molecule has 1 aromatic rings. The zero-order chi connectivity index (χ0) is 17.0.